The van der Waals surface area contributed by atoms with Gasteiger partial charge in [-0.2, -0.15) is 0 Å². The van der Waals surface area contributed by atoms with Crippen molar-refractivity contribution in [2.45, 2.75) is 77.6 Å². The highest BCUT2D eigenvalue weighted by Crippen LogP contribution is 2.46. The SMILES string of the molecule is COC(=O)c1ccc(/C=C/C(CC(C)C)c2ccc3c(c2)C(C)(C)CCC3(C)C)cc1. The van der Waals surface area contributed by atoms with Crippen LogP contribution in [0.2, 0.25) is 0 Å². The zero-order chi connectivity index (χ0) is 22.8. The lowest BCUT2D eigenvalue weighted by atomic mass is 9.62. The smallest absolute Gasteiger partial charge is 0.337 e. The summed E-state index contributed by atoms with van der Waals surface area (Å²) in [5, 5.41) is 0. The van der Waals surface area contributed by atoms with Gasteiger partial charge < -0.3 is 4.74 Å². The molecule has 0 fully saturated rings. The first-order valence-corrected chi connectivity index (χ1v) is 11.5. The van der Waals surface area contributed by atoms with E-state index in [-0.39, 0.29) is 16.8 Å². The predicted molar refractivity (Wildman–Crippen MR) is 131 cm³/mol. The van der Waals surface area contributed by atoms with Gasteiger partial charge in [0.25, 0.3) is 0 Å². The summed E-state index contributed by atoms with van der Waals surface area (Å²) in [4.78, 5) is 11.7. The second-order valence-corrected chi connectivity index (χ2v) is 10.8. The molecule has 2 nitrogen and oxygen atoms in total. The van der Waals surface area contributed by atoms with Crippen molar-refractivity contribution in [3.8, 4) is 0 Å². The number of carbonyl (C=O) groups is 1. The van der Waals surface area contributed by atoms with E-state index in [9.17, 15) is 4.79 Å². The molecule has 0 aromatic heterocycles. The number of hydrogen-bond acceptors (Lipinski definition) is 2. The first-order chi connectivity index (χ1) is 14.5. The van der Waals surface area contributed by atoms with E-state index in [1.54, 1.807) is 0 Å². The van der Waals surface area contributed by atoms with Crippen LogP contribution in [0.5, 0.6) is 0 Å². The highest BCUT2D eigenvalue weighted by atomic mass is 16.5. The monoisotopic (exact) mass is 418 g/mol. The van der Waals surface area contributed by atoms with E-state index in [1.165, 1.54) is 36.6 Å². The summed E-state index contributed by atoms with van der Waals surface area (Å²) in [6.07, 6.45) is 8.09. The first-order valence-electron chi connectivity index (χ1n) is 11.5. The van der Waals surface area contributed by atoms with Gasteiger partial charge in [0.1, 0.15) is 0 Å². The Kier molecular flexibility index (Phi) is 6.79. The number of benzene rings is 2. The second kappa shape index (κ2) is 9.02. The number of hydrogen-bond donors (Lipinski definition) is 0. The average molecular weight is 419 g/mol. The molecule has 2 aromatic rings. The van der Waals surface area contributed by atoms with Crippen LogP contribution in [0.15, 0.2) is 48.5 Å². The normalized spacial score (nSPS) is 18.1. The maximum atomic E-state index is 11.7. The molecule has 2 heteroatoms. The molecule has 0 heterocycles. The van der Waals surface area contributed by atoms with Gasteiger partial charge in [-0.05, 0) is 70.4 Å². The van der Waals surface area contributed by atoms with Crippen molar-refractivity contribution in [3.63, 3.8) is 0 Å². The zero-order valence-electron chi connectivity index (χ0n) is 20.3. The van der Waals surface area contributed by atoms with Crippen molar-refractivity contribution in [1.29, 1.82) is 0 Å². The summed E-state index contributed by atoms with van der Waals surface area (Å²) in [7, 11) is 1.41. The Morgan fingerprint density at radius 1 is 0.968 bits per heavy atom. The predicted octanol–water partition coefficient (Wildman–Crippen LogP) is 7.67. The van der Waals surface area contributed by atoms with Crippen LogP contribution in [0, 0.1) is 5.92 Å². The van der Waals surface area contributed by atoms with Gasteiger partial charge in [0.2, 0.25) is 0 Å². The molecule has 0 saturated heterocycles. The Balaban J connectivity index is 1.93. The fraction of sp³-hybridized carbons (Fsp3) is 0.483. The van der Waals surface area contributed by atoms with Gasteiger partial charge in [0.05, 0.1) is 12.7 Å². The quantitative estimate of drug-likeness (QED) is 0.450. The fourth-order valence-electron chi connectivity index (χ4n) is 4.75. The summed E-state index contributed by atoms with van der Waals surface area (Å²) in [6, 6.07) is 14.8. The van der Waals surface area contributed by atoms with Crippen LogP contribution in [-0.4, -0.2) is 13.1 Å². The number of allylic oxidation sites excluding steroid dienone is 1. The van der Waals surface area contributed by atoms with Gasteiger partial charge in [-0.1, -0.05) is 84.0 Å². The van der Waals surface area contributed by atoms with Gasteiger partial charge >= 0.3 is 5.97 Å². The van der Waals surface area contributed by atoms with Crippen LogP contribution in [0.25, 0.3) is 6.08 Å². The van der Waals surface area contributed by atoms with Crippen LogP contribution in [0.1, 0.15) is 99.3 Å². The standard InChI is InChI=1S/C29H38O2/c1-20(2)18-23(13-10-21-8-11-22(12-9-21)27(30)31-7)24-14-15-25-26(19-24)29(5,6)17-16-28(25,3)4/h8-15,19-20,23H,16-18H2,1-7H3/b13-10+. The molecular formula is C29H38O2. The zero-order valence-corrected chi connectivity index (χ0v) is 20.3. The van der Waals surface area contributed by atoms with Crippen LogP contribution >= 0.6 is 0 Å². The summed E-state index contributed by atoms with van der Waals surface area (Å²) in [6.45, 7) is 14.1. The molecule has 1 aliphatic carbocycles. The average Bonchev–Trinajstić information content (AvgIpc) is 2.74. The molecule has 1 atom stereocenters. The van der Waals surface area contributed by atoms with E-state index in [2.05, 4.69) is 71.9 Å². The van der Waals surface area contributed by atoms with Gasteiger partial charge in [0, 0.05) is 5.92 Å². The molecule has 166 valence electrons. The third-order valence-electron chi connectivity index (χ3n) is 6.88. The molecule has 1 aliphatic rings. The maximum Gasteiger partial charge on any atom is 0.337 e. The molecule has 0 spiro atoms. The van der Waals surface area contributed by atoms with Crippen molar-refractivity contribution in [2.75, 3.05) is 7.11 Å². The van der Waals surface area contributed by atoms with Gasteiger partial charge in [-0.15, -0.1) is 0 Å². The van der Waals surface area contributed by atoms with E-state index in [0.29, 0.717) is 17.4 Å². The Morgan fingerprint density at radius 2 is 1.58 bits per heavy atom. The van der Waals surface area contributed by atoms with Crippen molar-refractivity contribution in [1.82, 2.24) is 0 Å². The number of ether oxygens (including phenoxy) is 1. The number of esters is 1. The molecule has 3 rings (SSSR count). The molecule has 0 N–H and O–H groups in total. The number of carbonyl (C=O) groups excluding carboxylic acids is 1. The van der Waals surface area contributed by atoms with E-state index >= 15 is 0 Å². The molecule has 2 aromatic carbocycles. The lowest BCUT2D eigenvalue weighted by molar-refractivity contribution is 0.0600. The molecule has 1 unspecified atom stereocenters. The highest BCUT2D eigenvalue weighted by Gasteiger charge is 2.37. The van der Waals surface area contributed by atoms with Crippen molar-refractivity contribution in [3.05, 3.63) is 76.4 Å². The van der Waals surface area contributed by atoms with E-state index < -0.39 is 0 Å². The molecule has 0 radical (unpaired) electrons. The lowest BCUT2D eigenvalue weighted by Gasteiger charge is -2.42. The molecule has 31 heavy (non-hydrogen) atoms. The molecule has 0 aliphatic heterocycles. The van der Waals surface area contributed by atoms with Crippen molar-refractivity contribution in [2.24, 2.45) is 5.92 Å². The number of fused-ring (bicyclic) bond motifs is 1. The Hall–Kier alpha value is -2.35. The Labute approximate surface area is 188 Å². The minimum absolute atomic E-state index is 0.219. The minimum Gasteiger partial charge on any atom is -0.465 e. The summed E-state index contributed by atoms with van der Waals surface area (Å²) < 4.78 is 4.80. The Morgan fingerprint density at radius 3 is 2.16 bits per heavy atom. The fourth-order valence-corrected chi connectivity index (χ4v) is 4.75. The largest absolute Gasteiger partial charge is 0.465 e. The molecule has 0 bridgehead atoms. The third kappa shape index (κ3) is 5.29. The van der Waals surface area contributed by atoms with Crippen LogP contribution in [-0.2, 0) is 15.6 Å². The molecule has 0 saturated carbocycles. The van der Waals surface area contributed by atoms with Crippen molar-refractivity contribution >= 4 is 12.0 Å². The molecule has 0 amide bonds. The van der Waals surface area contributed by atoms with E-state index in [4.69, 9.17) is 4.74 Å². The topological polar surface area (TPSA) is 26.3 Å². The number of rotatable bonds is 6. The number of methoxy groups -OCH3 is 1. The third-order valence-corrected chi connectivity index (χ3v) is 6.88. The van der Waals surface area contributed by atoms with Gasteiger partial charge in [-0.25, -0.2) is 4.79 Å². The first kappa shape index (κ1) is 23.3. The Bertz CT molecular complexity index is 945. The van der Waals surface area contributed by atoms with Crippen LogP contribution < -0.4 is 0 Å². The maximum absolute atomic E-state index is 11.7. The molecular weight excluding hydrogens is 380 g/mol. The van der Waals surface area contributed by atoms with E-state index in [1.807, 2.05) is 24.3 Å². The summed E-state index contributed by atoms with van der Waals surface area (Å²) in [5.41, 5.74) is 6.58. The highest BCUT2D eigenvalue weighted by molar-refractivity contribution is 5.89. The van der Waals surface area contributed by atoms with E-state index in [0.717, 1.165) is 12.0 Å². The van der Waals surface area contributed by atoms with Crippen LogP contribution in [0.4, 0.5) is 0 Å². The summed E-state index contributed by atoms with van der Waals surface area (Å²) >= 11 is 0. The lowest BCUT2D eigenvalue weighted by Crippen LogP contribution is -2.34. The van der Waals surface area contributed by atoms with Crippen molar-refractivity contribution < 1.29 is 9.53 Å². The van der Waals surface area contributed by atoms with Crippen LogP contribution in [0.3, 0.4) is 0 Å². The van der Waals surface area contributed by atoms with Gasteiger partial charge in [-0.3, -0.25) is 0 Å². The second-order valence-electron chi connectivity index (χ2n) is 10.8. The van der Waals surface area contributed by atoms with Gasteiger partial charge in [0.15, 0.2) is 0 Å². The minimum atomic E-state index is -0.298. The summed E-state index contributed by atoms with van der Waals surface area (Å²) in [5.74, 6) is 0.677.